The molecular formula is C4H8BrN3O4S. The number of halogens is 1. The van der Waals surface area contributed by atoms with Gasteiger partial charge in [0.25, 0.3) is 0 Å². The Bertz CT molecular complexity index is 299. The fourth-order valence-electron chi connectivity index (χ4n) is 0.444. The lowest BCUT2D eigenvalue weighted by Gasteiger charge is -2.11. The molecule has 1 N–H and O–H groups in total. The van der Waals surface area contributed by atoms with Crippen molar-refractivity contribution in [1.82, 2.24) is 0 Å². The van der Waals surface area contributed by atoms with Crippen molar-refractivity contribution in [2.24, 2.45) is 5.11 Å². The number of rotatable bonds is 5. The van der Waals surface area contributed by atoms with E-state index in [1.165, 1.54) is 0 Å². The molecule has 0 aliphatic rings. The van der Waals surface area contributed by atoms with E-state index in [-0.39, 0.29) is 6.61 Å². The number of azide groups is 1. The van der Waals surface area contributed by atoms with Crippen molar-refractivity contribution in [2.45, 2.75) is 17.8 Å². The van der Waals surface area contributed by atoms with Gasteiger partial charge in [-0.1, -0.05) is 28.0 Å². The first-order chi connectivity index (χ1) is 5.87. The molecule has 0 aromatic heterocycles. The Balaban J connectivity index is 4.01. The van der Waals surface area contributed by atoms with Crippen LogP contribution in [0.1, 0.15) is 6.92 Å². The van der Waals surface area contributed by atoms with Crippen molar-refractivity contribution in [3.63, 3.8) is 0 Å². The zero-order valence-corrected chi connectivity index (χ0v) is 9.06. The van der Waals surface area contributed by atoms with Crippen molar-refractivity contribution in [3.8, 4) is 0 Å². The highest BCUT2D eigenvalue weighted by molar-refractivity contribution is 9.09. The molecule has 0 aromatic carbocycles. The predicted octanol–water partition coefficient (Wildman–Crippen LogP) is 1.27. The van der Waals surface area contributed by atoms with Crippen molar-refractivity contribution < 1.29 is 17.2 Å². The molecule has 0 unspecified atom stereocenters. The predicted molar refractivity (Wildman–Crippen MR) is 48.8 cm³/mol. The van der Waals surface area contributed by atoms with Crippen LogP contribution in [0.4, 0.5) is 0 Å². The molecule has 7 nitrogen and oxygen atoms in total. The summed E-state index contributed by atoms with van der Waals surface area (Å²) in [5, 5.41) is 3.30. The molecule has 13 heavy (non-hydrogen) atoms. The van der Waals surface area contributed by atoms with Crippen LogP contribution in [0.15, 0.2) is 5.11 Å². The van der Waals surface area contributed by atoms with Crippen LogP contribution >= 0.6 is 15.9 Å². The summed E-state index contributed by atoms with van der Waals surface area (Å²) < 4.78 is 32.5. The Morgan fingerprint density at radius 1 is 1.77 bits per heavy atom. The second-order valence-corrected chi connectivity index (χ2v) is 4.44. The van der Waals surface area contributed by atoms with E-state index >= 15 is 0 Å². The molecule has 0 aromatic rings. The van der Waals surface area contributed by atoms with Gasteiger partial charge in [-0.2, -0.15) is 8.42 Å². The summed E-state index contributed by atoms with van der Waals surface area (Å²) in [5.74, 6) is 0. The van der Waals surface area contributed by atoms with Gasteiger partial charge in [0.05, 0.1) is 6.61 Å². The van der Waals surface area contributed by atoms with Gasteiger partial charge in [-0.25, -0.2) is 4.18 Å². The largest absolute Gasteiger partial charge is 0.397 e. The Labute approximate surface area is 83.8 Å². The van der Waals surface area contributed by atoms with Crippen LogP contribution < -0.4 is 0 Å². The molecule has 0 heterocycles. The van der Waals surface area contributed by atoms with Crippen LogP contribution in [-0.4, -0.2) is 30.4 Å². The topological polar surface area (TPSA) is 112 Å². The molecule has 0 saturated heterocycles. The van der Waals surface area contributed by atoms with Gasteiger partial charge in [0, 0.05) is 15.8 Å². The van der Waals surface area contributed by atoms with Gasteiger partial charge in [0.15, 0.2) is 0 Å². The molecule has 0 rings (SSSR count). The van der Waals surface area contributed by atoms with Crippen LogP contribution in [0.5, 0.6) is 0 Å². The lowest BCUT2D eigenvalue weighted by molar-refractivity contribution is 0.265. The standard InChI is InChI=1S/C4H8BrN3O4S/c1-3(7-8-6)4(5)2-12-13(9,10)11/h3-4H,2H2,1H3,(H,9,10,11)/t3-,4-/m0/s1. The zero-order chi connectivity index (χ0) is 10.5. The Morgan fingerprint density at radius 3 is 2.69 bits per heavy atom. The van der Waals surface area contributed by atoms with Gasteiger partial charge in [-0.05, 0) is 5.53 Å². The van der Waals surface area contributed by atoms with Gasteiger partial charge < -0.3 is 0 Å². The van der Waals surface area contributed by atoms with Gasteiger partial charge >= 0.3 is 10.4 Å². The van der Waals surface area contributed by atoms with E-state index in [2.05, 4.69) is 30.1 Å². The SMILES string of the molecule is C[C@H](N=[N+]=[N-])[C@@H](Br)COS(=O)(=O)O. The minimum Gasteiger partial charge on any atom is -0.264 e. The summed E-state index contributed by atoms with van der Waals surface area (Å²) in [4.78, 5) is 2.06. The highest BCUT2D eigenvalue weighted by Gasteiger charge is 2.15. The maximum absolute atomic E-state index is 10.1. The molecule has 0 aliphatic heterocycles. The lowest BCUT2D eigenvalue weighted by atomic mass is 10.3. The van der Waals surface area contributed by atoms with E-state index in [1.807, 2.05) is 0 Å². The summed E-state index contributed by atoms with van der Waals surface area (Å²) >= 11 is 3.03. The lowest BCUT2D eigenvalue weighted by Crippen LogP contribution is -2.22. The average Bonchev–Trinajstić information content (AvgIpc) is 1.99. The van der Waals surface area contributed by atoms with Gasteiger partial charge in [0.2, 0.25) is 0 Å². The Morgan fingerprint density at radius 2 is 2.31 bits per heavy atom. The maximum atomic E-state index is 10.1. The first-order valence-electron chi connectivity index (χ1n) is 3.17. The summed E-state index contributed by atoms with van der Waals surface area (Å²) in [6, 6.07) is -0.466. The van der Waals surface area contributed by atoms with Crippen LogP contribution in [0.25, 0.3) is 10.4 Å². The molecule has 76 valence electrons. The summed E-state index contributed by atoms with van der Waals surface area (Å²) in [5.41, 5.74) is 8.04. The third-order valence-electron chi connectivity index (χ3n) is 1.13. The molecule has 0 amide bonds. The summed E-state index contributed by atoms with van der Waals surface area (Å²) in [6.45, 7) is 1.28. The molecule has 0 fully saturated rings. The van der Waals surface area contributed by atoms with Crippen LogP contribution in [-0.2, 0) is 14.6 Å². The van der Waals surface area contributed by atoms with Gasteiger partial charge in [0.1, 0.15) is 0 Å². The van der Waals surface area contributed by atoms with E-state index in [9.17, 15) is 8.42 Å². The summed E-state index contributed by atoms with van der Waals surface area (Å²) in [6.07, 6.45) is 0. The maximum Gasteiger partial charge on any atom is 0.397 e. The first kappa shape index (κ1) is 12.7. The number of nitrogens with zero attached hydrogens (tertiary/aromatic N) is 3. The highest BCUT2D eigenvalue weighted by Crippen LogP contribution is 2.10. The van der Waals surface area contributed by atoms with Crippen molar-refractivity contribution in [1.29, 1.82) is 0 Å². The van der Waals surface area contributed by atoms with Crippen LogP contribution in [0.3, 0.4) is 0 Å². The second-order valence-electron chi connectivity index (χ2n) is 2.17. The van der Waals surface area contributed by atoms with Crippen LogP contribution in [0.2, 0.25) is 0 Å². The highest BCUT2D eigenvalue weighted by atomic mass is 79.9. The van der Waals surface area contributed by atoms with Gasteiger partial charge in [-0.15, -0.1) is 0 Å². The number of alkyl halides is 1. The number of hydrogen-bond donors (Lipinski definition) is 1. The monoisotopic (exact) mass is 273 g/mol. The second kappa shape index (κ2) is 5.40. The van der Waals surface area contributed by atoms with E-state index in [1.54, 1.807) is 6.92 Å². The normalized spacial score (nSPS) is 15.9. The van der Waals surface area contributed by atoms with E-state index in [4.69, 9.17) is 10.1 Å². The number of hydrogen-bond acceptors (Lipinski definition) is 4. The molecule has 0 saturated carbocycles. The first-order valence-corrected chi connectivity index (χ1v) is 5.45. The van der Waals surface area contributed by atoms with Gasteiger partial charge in [-0.3, -0.25) is 4.55 Å². The van der Waals surface area contributed by atoms with E-state index in [0.717, 1.165) is 0 Å². The molecule has 9 heteroatoms. The quantitative estimate of drug-likeness (QED) is 0.267. The minimum atomic E-state index is -4.43. The molecular weight excluding hydrogens is 266 g/mol. The molecule has 0 aliphatic carbocycles. The van der Waals surface area contributed by atoms with E-state index < -0.39 is 21.3 Å². The summed E-state index contributed by atoms with van der Waals surface area (Å²) in [7, 11) is -4.43. The Kier molecular flexibility index (Phi) is 5.26. The Hall–Kier alpha value is -0.340. The van der Waals surface area contributed by atoms with Crippen molar-refractivity contribution in [3.05, 3.63) is 10.4 Å². The smallest absolute Gasteiger partial charge is 0.264 e. The van der Waals surface area contributed by atoms with Crippen molar-refractivity contribution in [2.75, 3.05) is 6.61 Å². The molecule has 2 atom stereocenters. The average molecular weight is 274 g/mol. The fourth-order valence-corrected chi connectivity index (χ4v) is 1.18. The minimum absolute atomic E-state index is 0.293. The zero-order valence-electron chi connectivity index (χ0n) is 6.66. The van der Waals surface area contributed by atoms with Crippen molar-refractivity contribution >= 4 is 26.3 Å². The molecule has 0 radical (unpaired) electrons. The molecule has 0 bridgehead atoms. The van der Waals surface area contributed by atoms with E-state index in [0.29, 0.717) is 0 Å². The molecule has 0 spiro atoms. The van der Waals surface area contributed by atoms with Crippen LogP contribution in [0, 0.1) is 0 Å². The third-order valence-corrected chi connectivity index (χ3v) is 2.60. The third kappa shape index (κ3) is 6.79. The fraction of sp³-hybridized carbons (Fsp3) is 1.00.